The molecule has 144 valence electrons. The first-order chi connectivity index (χ1) is 12.1. The first-order valence-corrected chi connectivity index (χ1v) is 8.56. The number of alkyl carbamates (subject to hydrolysis) is 1. The Kier molecular flexibility index (Phi) is 8.71. The van der Waals surface area contributed by atoms with Gasteiger partial charge in [-0.2, -0.15) is 0 Å². The zero-order valence-electron chi connectivity index (χ0n) is 14.8. The van der Waals surface area contributed by atoms with Gasteiger partial charge in [0.05, 0.1) is 28.8 Å². The molecule has 0 aromatic heterocycles. The third-order valence-corrected chi connectivity index (χ3v) is 3.50. The number of rotatable bonds is 8. The van der Waals surface area contributed by atoms with Gasteiger partial charge in [0.1, 0.15) is 5.60 Å². The van der Waals surface area contributed by atoms with Gasteiger partial charge in [-0.15, -0.1) is 0 Å². The fourth-order valence-electron chi connectivity index (χ4n) is 1.72. The maximum Gasteiger partial charge on any atom is 0.407 e. The topological polar surface area (TPSA) is 96.9 Å². The van der Waals surface area contributed by atoms with Crippen LogP contribution in [0.3, 0.4) is 0 Å². The van der Waals surface area contributed by atoms with Gasteiger partial charge in [0.2, 0.25) is 0 Å². The van der Waals surface area contributed by atoms with Crippen molar-refractivity contribution < 1.29 is 24.3 Å². The van der Waals surface area contributed by atoms with Crippen LogP contribution in [0, 0.1) is 0 Å². The molecule has 1 aromatic carbocycles. The molecule has 0 radical (unpaired) electrons. The molecule has 1 rings (SSSR count). The molecule has 3 N–H and O–H groups in total. The highest BCUT2D eigenvalue weighted by Gasteiger charge is 2.15. The molecule has 0 aliphatic rings. The van der Waals surface area contributed by atoms with Gasteiger partial charge in [0.15, 0.2) is 0 Å². The van der Waals surface area contributed by atoms with Crippen LogP contribution < -0.4 is 10.8 Å². The number of hydrogen-bond donors (Lipinski definition) is 3. The summed E-state index contributed by atoms with van der Waals surface area (Å²) >= 11 is 11.9. The van der Waals surface area contributed by atoms with Gasteiger partial charge in [-0.3, -0.25) is 15.1 Å². The SMILES string of the molecule is CC(C)(C)OC(=O)NCCON/C(=C\CC(=O)O)c1ccc(Cl)c(Cl)c1. The Morgan fingerprint density at radius 1 is 1.23 bits per heavy atom. The van der Waals surface area contributed by atoms with E-state index >= 15 is 0 Å². The van der Waals surface area contributed by atoms with E-state index in [4.69, 9.17) is 37.9 Å². The van der Waals surface area contributed by atoms with Crippen molar-refractivity contribution in [3.8, 4) is 0 Å². The van der Waals surface area contributed by atoms with Crippen LogP contribution in [0.4, 0.5) is 4.79 Å². The molecule has 0 fully saturated rings. The maximum absolute atomic E-state index is 11.5. The number of carboxylic acids is 1. The Bertz CT molecular complexity index is 672. The van der Waals surface area contributed by atoms with Crippen LogP contribution in [0.15, 0.2) is 24.3 Å². The lowest BCUT2D eigenvalue weighted by Gasteiger charge is -2.19. The number of hydroxylamine groups is 1. The van der Waals surface area contributed by atoms with Crippen molar-refractivity contribution in [3.63, 3.8) is 0 Å². The van der Waals surface area contributed by atoms with Crippen LogP contribution in [-0.4, -0.2) is 35.9 Å². The number of aliphatic carboxylic acids is 1. The number of amides is 1. The maximum atomic E-state index is 11.5. The molecule has 0 unspecified atom stereocenters. The number of nitrogens with one attached hydrogen (secondary N) is 2. The summed E-state index contributed by atoms with van der Waals surface area (Å²) in [5.74, 6) is -0.990. The number of carboxylic acid groups (broad SMARTS) is 1. The summed E-state index contributed by atoms with van der Waals surface area (Å²) in [6.07, 6.45) is 0.692. The zero-order valence-corrected chi connectivity index (χ0v) is 16.3. The molecule has 1 amide bonds. The van der Waals surface area contributed by atoms with E-state index < -0.39 is 17.7 Å². The van der Waals surface area contributed by atoms with Gasteiger partial charge < -0.3 is 15.2 Å². The van der Waals surface area contributed by atoms with E-state index in [1.54, 1.807) is 39.0 Å². The molecule has 9 heteroatoms. The van der Waals surface area contributed by atoms with Gasteiger partial charge >= 0.3 is 12.1 Å². The predicted molar refractivity (Wildman–Crippen MR) is 100 cm³/mol. The lowest BCUT2D eigenvalue weighted by Crippen LogP contribution is -2.35. The lowest BCUT2D eigenvalue weighted by molar-refractivity contribution is -0.136. The predicted octanol–water partition coefficient (Wildman–Crippen LogP) is 3.85. The second-order valence-electron chi connectivity index (χ2n) is 6.22. The molecular formula is C17H22Cl2N2O5. The van der Waals surface area contributed by atoms with Crippen LogP contribution in [0.2, 0.25) is 10.0 Å². The van der Waals surface area contributed by atoms with E-state index in [0.29, 0.717) is 21.3 Å². The minimum atomic E-state index is -0.990. The number of halogens is 2. The lowest BCUT2D eigenvalue weighted by atomic mass is 10.1. The summed E-state index contributed by atoms with van der Waals surface area (Å²) in [7, 11) is 0. The van der Waals surface area contributed by atoms with E-state index in [9.17, 15) is 9.59 Å². The highest BCUT2D eigenvalue weighted by atomic mass is 35.5. The van der Waals surface area contributed by atoms with Crippen LogP contribution in [0.5, 0.6) is 0 Å². The van der Waals surface area contributed by atoms with E-state index in [2.05, 4.69) is 10.8 Å². The Labute approximate surface area is 162 Å². The van der Waals surface area contributed by atoms with E-state index in [1.807, 2.05) is 0 Å². The Morgan fingerprint density at radius 2 is 1.92 bits per heavy atom. The standard InChI is InChI=1S/C17H22Cl2N2O5/c1-17(2,3)26-16(24)20-8-9-25-21-14(6-7-15(22)23)11-4-5-12(18)13(19)10-11/h4-6,10,21H,7-9H2,1-3H3,(H,20,24)(H,22,23)/b14-6-. The highest BCUT2D eigenvalue weighted by Crippen LogP contribution is 2.25. The normalized spacial score (nSPS) is 11.8. The third kappa shape index (κ3) is 8.94. The van der Waals surface area contributed by atoms with Crippen molar-refractivity contribution in [2.75, 3.05) is 13.2 Å². The summed E-state index contributed by atoms with van der Waals surface area (Å²) in [6, 6.07) is 4.86. The summed E-state index contributed by atoms with van der Waals surface area (Å²) in [6.45, 7) is 5.63. The molecule has 0 saturated heterocycles. The van der Waals surface area contributed by atoms with Crippen LogP contribution in [0.25, 0.3) is 5.70 Å². The second-order valence-corrected chi connectivity index (χ2v) is 7.04. The molecule has 26 heavy (non-hydrogen) atoms. The van der Waals surface area contributed by atoms with Gasteiger partial charge in [0.25, 0.3) is 0 Å². The van der Waals surface area contributed by atoms with Crippen molar-refractivity contribution >= 4 is 41.0 Å². The summed E-state index contributed by atoms with van der Waals surface area (Å²) < 4.78 is 5.09. The first kappa shape index (κ1) is 22.1. The van der Waals surface area contributed by atoms with Crippen LogP contribution >= 0.6 is 23.2 Å². The van der Waals surface area contributed by atoms with Crippen molar-refractivity contribution in [1.29, 1.82) is 0 Å². The molecule has 7 nitrogen and oxygen atoms in total. The van der Waals surface area contributed by atoms with E-state index in [1.165, 1.54) is 6.08 Å². The Balaban J connectivity index is 2.57. The summed E-state index contributed by atoms with van der Waals surface area (Å²) in [4.78, 5) is 27.6. The average Bonchev–Trinajstić information content (AvgIpc) is 2.51. The molecule has 1 aromatic rings. The fourth-order valence-corrected chi connectivity index (χ4v) is 2.02. The smallest absolute Gasteiger partial charge is 0.407 e. The molecule has 0 atom stereocenters. The van der Waals surface area contributed by atoms with Gasteiger partial charge in [-0.25, -0.2) is 4.79 Å². The largest absolute Gasteiger partial charge is 0.481 e. The molecule has 0 aliphatic carbocycles. The number of hydrogen-bond acceptors (Lipinski definition) is 5. The number of carbonyl (C=O) groups excluding carboxylic acids is 1. The fraction of sp³-hybridized carbons (Fsp3) is 0.412. The molecule has 0 saturated carbocycles. The third-order valence-electron chi connectivity index (χ3n) is 2.77. The first-order valence-electron chi connectivity index (χ1n) is 7.80. The summed E-state index contributed by atoms with van der Waals surface area (Å²) in [5.41, 5.74) is 3.12. The number of benzene rings is 1. The van der Waals surface area contributed by atoms with E-state index in [0.717, 1.165) is 0 Å². The van der Waals surface area contributed by atoms with Gasteiger partial charge in [-0.05, 0) is 39.0 Å². The van der Waals surface area contributed by atoms with Gasteiger partial charge in [0, 0.05) is 12.1 Å². The second kappa shape index (κ2) is 10.3. The Morgan fingerprint density at radius 3 is 2.50 bits per heavy atom. The minimum absolute atomic E-state index is 0.130. The van der Waals surface area contributed by atoms with Crippen molar-refractivity contribution in [3.05, 3.63) is 39.9 Å². The average molecular weight is 405 g/mol. The van der Waals surface area contributed by atoms with Crippen LogP contribution in [-0.2, 0) is 14.4 Å². The Hall–Kier alpha value is -1.96. The molecule has 0 aliphatic heterocycles. The quantitative estimate of drug-likeness (QED) is 0.449. The molecular weight excluding hydrogens is 383 g/mol. The minimum Gasteiger partial charge on any atom is -0.481 e. The summed E-state index contributed by atoms with van der Waals surface area (Å²) in [5, 5.41) is 12.1. The monoisotopic (exact) mass is 404 g/mol. The zero-order chi connectivity index (χ0) is 19.7. The molecule has 0 heterocycles. The highest BCUT2D eigenvalue weighted by molar-refractivity contribution is 6.42. The van der Waals surface area contributed by atoms with E-state index in [-0.39, 0.29) is 19.6 Å². The van der Waals surface area contributed by atoms with Crippen molar-refractivity contribution in [1.82, 2.24) is 10.8 Å². The van der Waals surface area contributed by atoms with Crippen molar-refractivity contribution in [2.24, 2.45) is 0 Å². The number of carbonyl (C=O) groups is 2. The molecule has 0 spiro atoms. The van der Waals surface area contributed by atoms with Crippen molar-refractivity contribution in [2.45, 2.75) is 32.8 Å². The molecule has 0 bridgehead atoms. The number of ether oxygens (including phenoxy) is 1. The van der Waals surface area contributed by atoms with Crippen LogP contribution in [0.1, 0.15) is 32.8 Å². The van der Waals surface area contributed by atoms with Gasteiger partial charge in [-0.1, -0.05) is 29.3 Å².